The molecule has 1 aliphatic rings. The monoisotopic (exact) mass is 342 g/mol. The zero-order valence-electron chi connectivity index (χ0n) is 13.1. The van der Waals surface area contributed by atoms with Crippen LogP contribution in [0, 0.1) is 5.82 Å². The van der Waals surface area contributed by atoms with E-state index < -0.39 is 5.82 Å². The van der Waals surface area contributed by atoms with E-state index in [2.05, 4.69) is 5.32 Å². The minimum atomic E-state index is -0.497. The number of amides is 1. The lowest BCUT2D eigenvalue weighted by Crippen LogP contribution is -2.52. The molecule has 5 nitrogen and oxygen atoms in total. The van der Waals surface area contributed by atoms with E-state index in [1.165, 1.54) is 19.2 Å². The van der Waals surface area contributed by atoms with Crippen LogP contribution in [-0.4, -0.2) is 49.6 Å². The molecule has 2 atom stereocenters. The zero-order valence-corrected chi connectivity index (χ0v) is 13.9. The summed E-state index contributed by atoms with van der Waals surface area (Å²) in [5, 5.41) is 3.08. The molecule has 0 aliphatic carbocycles. The minimum Gasteiger partial charge on any atom is -0.468 e. The summed E-state index contributed by atoms with van der Waals surface area (Å²) in [5.41, 5.74) is 0.184. The van der Waals surface area contributed by atoms with Crippen LogP contribution in [0.15, 0.2) is 18.2 Å². The van der Waals surface area contributed by atoms with Crippen LogP contribution >= 0.6 is 11.6 Å². The van der Waals surface area contributed by atoms with E-state index in [1.807, 2.05) is 11.9 Å². The number of benzene rings is 1. The molecule has 0 bridgehead atoms. The van der Waals surface area contributed by atoms with Gasteiger partial charge in [-0.25, -0.2) is 4.39 Å². The molecule has 0 radical (unpaired) electrons. The number of likely N-dealkylation sites (tertiary alicyclic amines) is 1. The fourth-order valence-electron chi connectivity index (χ4n) is 2.77. The Bertz CT molecular complexity index is 576. The maximum absolute atomic E-state index is 13.7. The Hall–Kier alpha value is -1.66. The van der Waals surface area contributed by atoms with Crippen molar-refractivity contribution >= 4 is 23.5 Å². The molecule has 126 valence electrons. The number of hydrogen-bond donors (Lipinski definition) is 1. The Kier molecular flexibility index (Phi) is 5.96. The number of methoxy groups -OCH3 is 1. The van der Waals surface area contributed by atoms with Gasteiger partial charge in [-0.2, -0.15) is 0 Å². The van der Waals surface area contributed by atoms with E-state index in [4.69, 9.17) is 16.3 Å². The van der Waals surface area contributed by atoms with Gasteiger partial charge in [0.1, 0.15) is 11.9 Å². The van der Waals surface area contributed by atoms with Crippen molar-refractivity contribution in [2.24, 2.45) is 0 Å². The normalized spacial score (nSPS) is 21.7. The van der Waals surface area contributed by atoms with Crippen LogP contribution in [0.4, 0.5) is 4.39 Å². The second-order valence-electron chi connectivity index (χ2n) is 5.69. The zero-order chi connectivity index (χ0) is 17.0. The number of nitrogens with zero attached hydrogens (tertiary/aromatic N) is 1. The lowest BCUT2D eigenvalue weighted by molar-refractivity contribution is -0.148. The van der Waals surface area contributed by atoms with E-state index in [0.29, 0.717) is 13.0 Å². The molecule has 1 heterocycles. The Labute approximate surface area is 139 Å². The number of ether oxygens (including phenoxy) is 1. The predicted octanol–water partition coefficient (Wildman–Crippen LogP) is 1.77. The number of nitrogens with one attached hydrogen (secondary N) is 1. The SMILES string of the molecule is COC(=O)C1CC(NC(=O)Cc2c(F)cccc2Cl)CCN1C. The Morgan fingerprint density at radius 1 is 1.48 bits per heavy atom. The van der Waals surface area contributed by atoms with Gasteiger partial charge >= 0.3 is 5.97 Å². The fraction of sp³-hybridized carbons (Fsp3) is 0.500. The van der Waals surface area contributed by atoms with Gasteiger partial charge in [0.25, 0.3) is 0 Å². The van der Waals surface area contributed by atoms with Crippen molar-refractivity contribution in [3.8, 4) is 0 Å². The van der Waals surface area contributed by atoms with E-state index in [1.54, 1.807) is 6.07 Å². The molecular weight excluding hydrogens is 323 g/mol. The van der Waals surface area contributed by atoms with Gasteiger partial charge in [0.05, 0.1) is 13.5 Å². The number of esters is 1. The van der Waals surface area contributed by atoms with Crippen molar-refractivity contribution in [1.82, 2.24) is 10.2 Å². The topological polar surface area (TPSA) is 58.6 Å². The van der Waals surface area contributed by atoms with Crippen LogP contribution in [-0.2, 0) is 20.7 Å². The first-order valence-corrected chi connectivity index (χ1v) is 7.80. The molecule has 1 aliphatic heterocycles. The van der Waals surface area contributed by atoms with Crippen LogP contribution in [0.1, 0.15) is 18.4 Å². The first-order valence-electron chi connectivity index (χ1n) is 7.42. The number of rotatable bonds is 4. The van der Waals surface area contributed by atoms with Gasteiger partial charge in [-0.3, -0.25) is 14.5 Å². The summed E-state index contributed by atoms with van der Waals surface area (Å²) in [5.74, 6) is -1.12. The number of likely N-dealkylation sites (N-methyl/N-ethyl adjacent to an activating group) is 1. The molecule has 1 N–H and O–H groups in total. The largest absolute Gasteiger partial charge is 0.468 e. The number of hydrogen-bond acceptors (Lipinski definition) is 4. The number of carbonyl (C=O) groups is 2. The number of halogens is 2. The van der Waals surface area contributed by atoms with E-state index >= 15 is 0 Å². The summed E-state index contributed by atoms with van der Waals surface area (Å²) in [6, 6.07) is 3.80. The van der Waals surface area contributed by atoms with Crippen LogP contribution in [0.5, 0.6) is 0 Å². The molecule has 7 heteroatoms. The van der Waals surface area contributed by atoms with Crippen molar-refractivity contribution < 1.29 is 18.7 Å². The third-order valence-corrected chi connectivity index (χ3v) is 4.46. The summed E-state index contributed by atoms with van der Waals surface area (Å²) >= 11 is 5.93. The molecule has 0 spiro atoms. The van der Waals surface area contributed by atoms with Crippen molar-refractivity contribution in [2.75, 3.05) is 20.7 Å². The standard InChI is InChI=1S/C16H20ClFN2O3/c1-20-7-6-10(8-14(20)16(22)23-2)19-15(21)9-11-12(17)4-3-5-13(11)18/h3-5,10,14H,6-9H2,1-2H3,(H,19,21). The maximum Gasteiger partial charge on any atom is 0.323 e. The summed E-state index contributed by atoms with van der Waals surface area (Å²) in [6.07, 6.45) is 1.07. The lowest BCUT2D eigenvalue weighted by Gasteiger charge is -2.35. The summed E-state index contributed by atoms with van der Waals surface area (Å²) < 4.78 is 18.5. The van der Waals surface area contributed by atoms with Gasteiger partial charge in [0.15, 0.2) is 0 Å². The Balaban J connectivity index is 1.96. The van der Waals surface area contributed by atoms with E-state index in [9.17, 15) is 14.0 Å². The molecule has 1 saturated heterocycles. The molecular formula is C16H20ClFN2O3. The quantitative estimate of drug-likeness (QED) is 0.847. The molecule has 2 rings (SSSR count). The van der Waals surface area contributed by atoms with Gasteiger partial charge in [-0.05, 0) is 32.0 Å². The second kappa shape index (κ2) is 7.75. The van der Waals surface area contributed by atoms with Crippen molar-refractivity contribution in [1.29, 1.82) is 0 Å². The first kappa shape index (κ1) is 17.7. The van der Waals surface area contributed by atoms with E-state index in [-0.39, 0.29) is 41.0 Å². The average Bonchev–Trinajstić information content (AvgIpc) is 2.52. The molecule has 1 aromatic rings. The molecule has 0 saturated carbocycles. The molecule has 1 aromatic carbocycles. The van der Waals surface area contributed by atoms with Crippen LogP contribution < -0.4 is 5.32 Å². The maximum atomic E-state index is 13.7. The van der Waals surface area contributed by atoms with Gasteiger partial charge < -0.3 is 10.1 Å². The molecule has 1 amide bonds. The summed E-state index contributed by atoms with van der Waals surface area (Å²) in [7, 11) is 3.19. The van der Waals surface area contributed by atoms with Gasteiger partial charge in [-0.15, -0.1) is 0 Å². The number of carbonyl (C=O) groups excluding carboxylic acids is 2. The predicted molar refractivity (Wildman–Crippen MR) is 84.7 cm³/mol. The third-order valence-electron chi connectivity index (χ3n) is 4.11. The van der Waals surface area contributed by atoms with Crippen LogP contribution in [0.25, 0.3) is 0 Å². The highest BCUT2D eigenvalue weighted by molar-refractivity contribution is 6.31. The lowest BCUT2D eigenvalue weighted by atomic mass is 9.97. The molecule has 2 unspecified atom stereocenters. The molecule has 23 heavy (non-hydrogen) atoms. The smallest absolute Gasteiger partial charge is 0.323 e. The molecule has 1 fully saturated rings. The summed E-state index contributed by atoms with van der Waals surface area (Å²) in [4.78, 5) is 25.8. The van der Waals surface area contributed by atoms with Crippen molar-refractivity contribution in [2.45, 2.75) is 31.3 Å². The van der Waals surface area contributed by atoms with Crippen LogP contribution in [0.3, 0.4) is 0 Å². The van der Waals surface area contributed by atoms with Gasteiger partial charge in [-0.1, -0.05) is 17.7 Å². The van der Waals surface area contributed by atoms with Gasteiger partial charge in [0, 0.05) is 23.2 Å². The Morgan fingerprint density at radius 3 is 2.87 bits per heavy atom. The minimum absolute atomic E-state index is 0.124. The van der Waals surface area contributed by atoms with Crippen molar-refractivity contribution in [3.63, 3.8) is 0 Å². The average molecular weight is 343 g/mol. The summed E-state index contributed by atoms with van der Waals surface area (Å²) in [6.45, 7) is 0.672. The van der Waals surface area contributed by atoms with Crippen molar-refractivity contribution in [3.05, 3.63) is 34.6 Å². The first-order chi connectivity index (χ1) is 10.9. The highest BCUT2D eigenvalue weighted by Crippen LogP contribution is 2.20. The molecule has 0 aromatic heterocycles. The van der Waals surface area contributed by atoms with Crippen LogP contribution in [0.2, 0.25) is 5.02 Å². The Morgan fingerprint density at radius 2 is 2.22 bits per heavy atom. The van der Waals surface area contributed by atoms with Gasteiger partial charge in [0.2, 0.25) is 5.91 Å². The second-order valence-corrected chi connectivity index (χ2v) is 6.09. The number of piperidine rings is 1. The highest BCUT2D eigenvalue weighted by Gasteiger charge is 2.32. The van der Waals surface area contributed by atoms with E-state index in [0.717, 1.165) is 6.42 Å². The fourth-order valence-corrected chi connectivity index (χ4v) is 3.00. The third kappa shape index (κ3) is 4.42. The highest BCUT2D eigenvalue weighted by atomic mass is 35.5.